The Hall–Kier alpha value is -0.990. The molecule has 0 aliphatic carbocycles. The van der Waals surface area contributed by atoms with Crippen LogP contribution in [0.3, 0.4) is 0 Å². The summed E-state index contributed by atoms with van der Waals surface area (Å²) in [7, 11) is 0. The number of carbonyl (C=O) groups excluding carboxylic acids is 1. The van der Waals surface area contributed by atoms with Crippen LogP contribution in [0.5, 0.6) is 0 Å². The van der Waals surface area contributed by atoms with E-state index in [1.54, 1.807) is 6.26 Å². The molecular formula is C10H17NO2. The quantitative estimate of drug-likeness (QED) is 0.721. The van der Waals surface area contributed by atoms with Crippen LogP contribution in [0, 0.1) is 0 Å². The van der Waals surface area contributed by atoms with Crippen molar-refractivity contribution in [2.24, 2.45) is 0 Å². The van der Waals surface area contributed by atoms with Crippen molar-refractivity contribution in [3.63, 3.8) is 0 Å². The van der Waals surface area contributed by atoms with Crippen molar-refractivity contribution < 1.29 is 9.53 Å². The monoisotopic (exact) mass is 183 g/mol. The Bertz CT molecular complexity index is 201. The van der Waals surface area contributed by atoms with E-state index in [-0.39, 0.29) is 18.1 Å². The van der Waals surface area contributed by atoms with E-state index in [1.165, 1.54) is 0 Å². The maximum absolute atomic E-state index is 11.5. The topological polar surface area (TPSA) is 38.3 Å². The Morgan fingerprint density at radius 2 is 2.54 bits per heavy atom. The lowest BCUT2D eigenvalue weighted by molar-refractivity contribution is -0.131. The van der Waals surface area contributed by atoms with Crippen LogP contribution >= 0.6 is 0 Å². The molecule has 1 heterocycles. The van der Waals surface area contributed by atoms with E-state index in [2.05, 4.69) is 5.32 Å². The highest BCUT2D eigenvalue weighted by molar-refractivity contribution is 5.81. The molecule has 2 unspecified atom stereocenters. The molecule has 2 atom stereocenters. The molecule has 0 aromatic rings. The van der Waals surface area contributed by atoms with E-state index < -0.39 is 0 Å². The van der Waals surface area contributed by atoms with Gasteiger partial charge in [0.1, 0.15) is 0 Å². The number of nitrogens with one attached hydrogen (secondary N) is 1. The van der Waals surface area contributed by atoms with Crippen LogP contribution in [0.15, 0.2) is 12.3 Å². The molecule has 1 N–H and O–H groups in total. The molecule has 0 saturated heterocycles. The van der Waals surface area contributed by atoms with Crippen LogP contribution in [0.4, 0.5) is 0 Å². The van der Waals surface area contributed by atoms with Crippen LogP contribution in [0.2, 0.25) is 0 Å². The average molecular weight is 183 g/mol. The SMILES string of the molecule is CCC(C)NC(=O)C1CCC=CO1. The first kappa shape index (κ1) is 10.1. The predicted molar refractivity (Wildman–Crippen MR) is 51.1 cm³/mol. The number of hydrogen-bond acceptors (Lipinski definition) is 2. The first-order chi connectivity index (χ1) is 6.24. The Labute approximate surface area is 79.2 Å². The van der Waals surface area contributed by atoms with E-state index in [1.807, 2.05) is 19.9 Å². The van der Waals surface area contributed by atoms with Gasteiger partial charge >= 0.3 is 0 Å². The third-order valence-corrected chi connectivity index (χ3v) is 2.23. The van der Waals surface area contributed by atoms with Crippen molar-refractivity contribution in [2.45, 2.75) is 45.3 Å². The van der Waals surface area contributed by atoms with Crippen molar-refractivity contribution in [3.05, 3.63) is 12.3 Å². The maximum atomic E-state index is 11.5. The Morgan fingerprint density at radius 1 is 1.77 bits per heavy atom. The Kier molecular flexibility index (Phi) is 3.80. The van der Waals surface area contributed by atoms with Gasteiger partial charge in [0.05, 0.1) is 6.26 Å². The molecule has 1 aliphatic rings. The highest BCUT2D eigenvalue weighted by atomic mass is 16.5. The smallest absolute Gasteiger partial charge is 0.261 e. The molecule has 74 valence electrons. The third-order valence-electron chi connectivity index (χ3n) is 2.23. The first-order valence-corrected chi connectivity index (χ1v) is 4.85. The average Bonchev–Trinajstić information content (AvgIpc) is 2.19. The van der Waals surface area contributed by atoms with E-state index in [4.69, 9.17) is 4.74 Å². The molecule has 0 spiro atoms. The summed E-state index contributed by atoms with van der Waals surface area (Å²) in [5, 5.41) is 2.90. The molecule has 0 saturated carbocycles. The molecule has 0 aromatic carbocycles. The van der Waals surface area contributed by atoms with Crippen molar-refractivity contribution in [1.82, 2.24) is 5.32 Å². The number of allylic oxidation sites excluding steroid dienone is 1. The molecule has 0 bridgehead atoms. The van der Waals surface area contributed by atoms with Crippen LogP contribution < -0.4 is 5.32 Å². The van der Waals surface area contributed by atoms with Crippen molar-refractivity contribution >= 4 is 5.91 Å². The van der Waals surface area contributed by atoms with Crippen LogP contribution in [0.1, 0.15) is 33.1 Å². The number of hydrogen-bond donors (Lipinski definition) is 1. The summed E-state index contributed by atoms with van der Waals surface area (Å²) < 4.78 is 5.19. The van der Waals surface area contributed by atoms with Gasteiger partial charge in [-0.15, -0.1) is 0 Å². The lowest BCUT2D eigenvalue weighted by Crippen LogP contribution is -2.40. The molecule has 3 heteroatoms. The number of carbonyl (C=O) groups is 1. The van der Waals surface area contributed by atoms with Gasteiger partial charge in [-0.3, -0.25) is 4.79 Å². The second kappa shape index (κ2) is 4.90. The summed E-state index contributed by atoms with van der Waals surface area (Å²) in [5.41, 5.74) is 0. The van der Waals surface area contributed by atoms with Crippen LogP contribution in [-0.2, 0) is 9.53 Å². The molecule has 0 fully saturated rings. The summed E-state index contributed by atoms with van der Waals surface area (Å²) in [6, 6.07) is 0.238. The minimum absolute atomic E-state index is 0.0127. The molecule has 0 radical (unpaired) electrons. The highest BCUT2D eigenvalue weighted by Crippen LogP contribution is 2.10. The van der Waals surface area contributed by atoms with Crippen molar-refractivity contribution in [3.8, 4) is 0 Å². The molecule has 1 amide bonds. The summed E-state index contributed by atoms with van der Waals surface area (Å²) in [6.45, 7) is 4.04. The Balaban J connectivity index is 2.34. The molecule has 1 rings (SSSR count). The highest BCUT2D eigenvalue weighted by Gasteiger charge is 2.20. The van der Waals surface area contributed by atoms with Crippen LogP contribution in [0.25, 0.3) is 0 Å². The first-order valence-electron chi connectivity index (χ1n) is 4.85. The van der Waals surface area contributed by atoms with Gasteiger partial charge in [-0.1, -0.05) is 6.92 Å². The molecule has 0 aromatic heterocycles. The van der Waals surface area contributed by atoms with Crippen molar-refractivity contribution in [1.29, 1.82) is 0 Å². The van der Waals surface area contributed by atoms with Gasteiger partial charge in [0.25, 0.3) is 5.91 Å². The normalized spacial score (nSPS) is 23.4. The number of rotatable bonds is 3. The van der Waals surface area contributed by atoms with Gasteiger partial charge in [-0.2, -0.15) is 0 Å². The Morgan fingerprint density at radius 3 is 3.08 bits per heavy atom. The fourth-order valence-electron chi connectivity index (χ4n) is 1.16. The second-order valence-corrected chi connectivity index (χ2v) is 3.39. The summed E-state index contributed by atoms with van der Waals surface area (Å²) in [6.07, 6.45) is 5.95. The second-order valence-electron chi connectivity index (χ2n) is 3.39. The standard InChI is InChI=1S/C10H17NO2/c1-3-8(2)11-10(12)9-6-4-5-7-13-9/h5,7-9H,3-4,6H2,1-2H3,(H,11,12). The minimum Gasteiger partial charge on any atom is -0.489 e. The predicted octanol–water partition coefficient (Wildman–Crippen LogP) is 1.59. The van der Waals surface area contributed by atoms with E-state index >= 15 is 0 Å². The maximum Gasteiger partial charge on any atom is 0.261 e. The van der Waals surface area contributed by atoms with Gasteiger partial charge in [0.15, 0.2) is 6.10 Å². The third kappa shape index (κ3) is 3.09. The summed E-state index contributed by atoms with van der Waals surface area (Å²) >= 11 is 0. The molecular weight excluding hydrogens is 166 g/mol. The van der Waals surface area contributed by atoms with E-state index in [0.717, 1.165) is 19.3 Å². The van der Waals surface area contributed by atoms with E-state index in [0.29, 0.717) is 0 Å². The zero-order chi connectivity index (χ0) is 9.68. The van der Waals surface area contributed by atoms with Gasteiger partial charge in [0, 0.05) is 6.04 Å². The fraction of sp³-hybridized carbons (Fsp3) is 0.700. The summed E-state index contributed by atoms with van der Waals surface area (Å²) in [4.78, 5) is 11.5. The molecule has 13 heavy (non-hydrogen) atoms. The lowest BCUT2D eigenvalue weighted by atomic mass is 10.1. The molecule has 3 nitrogen and oxygen atoms in total. The number of ether oxygens (including phenoxy) is 1. The van der Waals surface area contributed by atoms with Gasteiger partial charge < -0.3 is 10.1 Å². The fourth-order valence-corrected chi connectivity index (χ4v) is 1.16. The summed E-state index contributed by atoms with van der Waals surface area (Å²) in [5.74, 6) is 0.0127. The van der Waals surface area contributed by atoms with Gasteiger partial charge in [-0.25, -0.2) is 0 Å². The largest absolute Gasteiger partial charge is 0.489 e. The van der Waals surface area contributed by atoms with Crippen molar-refractivity contribution in [2.75, 3.05) is 0 Å². The van der Waals surface area contributed by atoms with Gasteiger partial charge in [0.2, 0.25) is 0 Å². The lowest BCUT2D eigenvalue weighted by Gasteiger charge is -2.20. The van der Waals surface area contributed by atoms with E-state index in [9.17, 15) is 4.79 Å². The van der Waals surface area contributed by atoms with Crippen LogP contribution in [-0.4, -0.2) is 18.1 Å². The minimum atomic E-state index is -0.279. The number of amides is 1. The molecule has 1 aliphatic heterocycles. The zero-order valence-corrected chi connectivity index (χ0v) is 8.25. The zero-order valence-electron chi connectivity index (χ0n) is 8.25. The van der Waals surface area contributed by atoms with Gasteiger partial charge in [-0.05, 0) is 32.3 Å².